The largest absolute Gasteiger partial charge is 0.489 e. The molecule has 1 aliphatic rings. The summed E-state index contributed by atoms with van der Waals surface area (Å²) in [4.78, 5) is 14.2. The van der Waals surface area contributed by atoms with Crippen LogP contribution in [0.15, 0.2) is 24.3 Å². The zero-order valence-electron chi connectivity index (χ0n) is 13.2. The Kier molecular flexibility index (Phi) is 5.74. The Morgan fingerprint density at radius 1 is 1.55 bits per heavy atom. The van der Waals surface area contributed by atoms with Gasteiger partial charge in [0.1, 0.15) is 23.8 Å². The molecule has 1 aromatic carbocycles. The van der Waals surface area contributed by atoms with Gasteiger partial charge in [-0.15, -0.1) is 0 Å². The normalized spacial score (nSPS) is 23.8. The van der Waals surface area contributed by atoms with E-state index < -0.39 is 6.10 Å². The van der Waals surface area contributed by atoms with Crippen LogP contribution in [-0.2, 0) is 9.53 Å². The number of likely N-dealkylation sites (N-methyl/N-ethyl adjacent to an activating group) is 1. The van der Waals surface area contributed by atoms with Gasteiger partial charge in [-0.3, -0.25) is 4.79 Å². The van der Waals surface area contributed by atoms with E-state index in [2.05, 4.69) is 10.2 Å². The number of carbonyl (C=O) groups excluding carboxylic acids is 1. The number of rotatable bonds is 5. The van der Waals surface area contributed by atoms with Gasteiger partial charge < -0.3 is 19.7 Å². The van der Waals surface area contributed by atoms with Crippen LogP contribution in [-0.4, -0.2) is 55.8 Å². The molecular weight excluding hydrogens is 287 g/mol. The van der Waals surface area contributed by atoms with Crippen LogP contribution in [0, 0.1) is 5.82 Å². The first-order chi connectivity index (χ1) is 10.4. The van der Waals surface area contributed by atoms with Crippen molar-refractivity contribution in [3.8, 4) is 5.75 Å². The predicted molar refractivity (Wildman–Crippen MR) is 81.3 cm³/mol. The highest BCUT2D eigenvalue weighted by Crippen LogP contribution is 2.14. The lowest BCUT2D eigenvalue weighted by Gasteiger charge is -2.33. The molecule has 1 amide bonds. The molecule has 0 saturated carbocycles. The maximum atomic E-state index is 13.1. The highest BCUT2D eigenvalue weighted by Gasteiger charge is 2.28. The molecule has 0 spiro atoms. The molecule has 122 valence electrons. The van der Waals surface area contributed by atoms with Crippen LogP contribution in [0.1, 0.15) is 13.8 Å². The number of hydrogen-bond donors (Lipinski definition) is 1. The number of amides is 1. The Morgan fingerprint density at radius 3 is 3.00 bits per heavy atom. The Bertz CT molecular complexity index is 502. The summed E-state index contributed by atoms with van der Waals surface area (Å²) < 4.78 is 24.3. The fourth-order valence-corrected chi connectivity index (χ4v) is 2.48. The molecule has 0 bridgehead atoms. The molecule has 0 radical (unpaired) electrons. The Hall–Kier alpha value is -1.66. The molecule has 1 aliphatic heterocycles. The van der Waals surface area contributed by atoms with Crippen LogP contribution in [0.25, 0.3) is 0 Å². The number of ether oxygens (including phenoxy) is 2. The summed E-state index contributed by atoms with van der Waals surface area (Å²) in [5.74, 6) is -0.0431. The second-order valence-electron chi connectivity index (χ2n) is 5.79. The van der Waals surface area contributed by atoms with Crippen molar-refractivity contribution < 1.29 is 18.7 Å². The van der Waals surface area contributed by atoms with Gasteiger partial charge in [0.05, 0.1) is 12.6 Å². The van der Waals surface area contributed by atoms with E-state index in [0.29, 0.717) is 18.8 Å². The zero-order valence-corrected chi connectivity index (χ0v) is 13.2. The number of carbonyl (C=O) groups is 1. The highest BCUT2D eigenvalue weighted by molar-refractivity contribution is 5.81. The van der Waals surface area contributed by atoms with Crippen molar-refractivity contribution in [3.63, 3.8) is 0 Å². The summed E-state index contributed by atoms with van der Waals surface area (Å²) in [7, 11) is 1.97. The fraction of sp³-hybridized carbons (Fsp3) is 0.562. The van der Waals surface area contributed by atoms with E-state index in [1.807, 2.05) is 20.9 Å². The molecule has 5 nitrogen and oxygen atoms in total. The van der Waals surface area contributed by atoms with Gasteiger partial charge in [0.25, 0.3) is 5.91 Å². The number of nitrogens with zero attached hydrogens (tertiary/aromatic N) is 1. The van der Waals surface area contributed by atoms with Crippen LogP contribution in [0.2, 0.25) is 0 Å². The molecule has 3 atom stereocenters. The first-order valence-electron chi connectivity index (χ1n) is 7.48. The van der Waals surface area contributed by atoms with Crippen LogP contribution < -0.4 is 10.1 Å². The number of nitrogens with one attached hydrogen (secondary N) is 1. The Morgan fingerprint density at radius 2 is 2.32 bits per heavy atom. The van der Waals surface area contributed by atoms with Gasteiger partial charge in [-0.25, -0.2) is 4.39 Å². The van der Waals surface area contributed by atoms with E-state index in [0.717, 1.165) is 6.54 Å². The van der Waals surface area contributed by atoms with Crippen molar-refractivity contribution in [2.75, 3.05) is 26.7 Å². The smallest absolute Gasteiger partial charge is 0.250 e. The van der Waals surface area contributed by atoms with Crippen molar-refractivity contribution in [2.24, 2.45) is 0 Å². The Labute approximate surface area is 130 Å². The number of morpholine rings is 1. The highest BCUT2D eigenvalue weighted by atomic mass is 19.1. The standard InChI is InChI=1S/C16H23FN2O3/c1-11(21-14-6-4-5-13(17)7-14)8-18-16(20)15-10-19(3)9-12(2)22-15/h4-7,11-12,15H,8-10H2,1-3H3,(H,18,20). The lowest BCUT2D eigenvalue weighted by Crippen LogP contribution is -2.52. The molecule has 0 aliphatic carbocycles. The van der Waals surface area contributed by atoms with Crippen molar-refractivity contribution in [2.45, 2.75) is 32.2 Å². The van der Waals surface area contributed by atoms with Crippen LogP contribution in [0.3, 0.4) is 0 Å². The van der Waals surface area contributed by atoms with Gasteiger partial charge in [-0.2, -0.15) is 0 Å². The lowest BCUT2D eigenvalue weighted by molar-refractivity contribution is -0.144. The third-order valence-corrected chi connectivity index (χ3v) is 3.43. The summed E-state index contributed by atoms with van der Waals surface area (Å²) in [6, 6.07) is 5.95. The summed E-state index contributed by atoms with van der Waals surface area (Å²) in [5, 5.41) is 2.82. The average Bonchev–Trinajstić information content (AvgIpc) is 2.43. The molecule has 1 N–H and O–H groups in total. The maximum absolute atomic E-state index is 13.1. The molecule has 1 saturated heterocycles. The third-order valence-electron chi connectivity index (χ3n) is 3.43. The van der Waals surface area contributed by atoms with E-state index in [-0.39, 0.29) is 23.9 Å². The monoisotopic (exact) mass is 310 g/mol. The maximum Gasteiger partial charge on any atom is 0.250 e. The fourth-order valence-electron chi connectivity index (χ4n) is 2.48. The summed E-state index contributed by atoms with van der Waals surface area (Å²) in [6.45, 7) is 5.51. The van der Waals surface area contributed by atoms with Crippen molar-refractivity contribution in [1.29, 1.82) is 0 Å². The minimum absolute atomic E-state index is 0.0375. The van der Waals surface area contributed by atoms with Crippen LogP contribution in [0.4, 0.5) is 4.39 Å². The van der Waals surface area contributed by atoms with Crippen molar-refractivity contribution in [1.82, 2.24) is 10.2 Å². The molecule has 2 rings (SSSR count). The van der Waals surface area contributed by atoms with Gasteiger partial charge in [-0.05, 0) is 33.0 Å². The van der Waals surface area contributed by atoms with E-state index in [9.17, 15) is 9.18 Å². The average molecular weight is 310 g/mol. The van der Waals surface area contributed by atoms with Crippen molar-refractivity contribution >= 4 is 5.91 Å². The summed E-state index contributed by atoms with van der Waals surface area (Å²) in [6.07, 6.45) is -0.685. The Balaban J connectivity index is 1.78. The quantitative estimate of drug-likeness (QED) is 0.894. The summed E-state index contributed by atoms with van der Waals surface area (Å²) in [5.41, 5.74) is 0. The molecule has 0 aromatic heterocycles. The molecule has 22 heavy (non-hydrogen) atoms. The van der Waals surface area contributed by atoms with E-state index in [4.69, 9.17) is 9.47 Å². The van der Waals surface area contributed by atoms with E-state index >= 15 is 0 Å². The number of hydrogen-bond acceptors (Lipinski definition) is 4. The number of benzene rings is 1. The lowest BCUT2D eigenvalue weighted by atomic mass is 10.2. The zero-order chi connectivity index (χ0) is 16.1. The molecule has 3 unspecified atom stereocenters. The second kappa shape index (κ2) is 7.56. The second-order valence-corrected chi connectivity index (χ2v) is 5.79. The van der Waals surface area contributed by atoms with Gasteiger partial charge in [-0.1, -0.05) is 6.07 Å². The van der Waals surface area contributed by atoms with E-state index in [1.54, 1.807) is 12.1 Å². The SMILES string of the molecule is CC(CNC(=O)C1CN(C)CC(C)O1)Oc1cccc(F)c1. The van der Waals surface area contributed by atoms with Gasteiger partial charge >= 0.3 is 0 Å². The van der Waals surface area contributed by atoms with Crippen molar-refractivity contribution in [3.05, 3.63) is 30.1 Å². The molecule has 1 heterocycles. The van der Waals surface area contributed by atoms with Gasteiger partial charge in [0.15, 0.2) is 0 Å². The van der Waals surface area contributed by atoms with Crippen LogP contribution >= 0.6 is 0 Å². The topological polar surface area (TPSA) is 50.8 Å². The molecule has 1 fully saturated rings. The number of halogens is 1. The molecule has 1 aromatic rings. The third kappa shape index (κ3) is 4.96. The van der Waals surface area contributed by atoms with Gasteiger partial charge in [0, 0.05) is 19.2 Å². The first kappa shape index (κ1) is 16.7. The summed E-state index contributed by atoms with van der Waals surface area (Å²) >= 11 is 0. The molecular formula is C16H23FN2O3. The molecule has 6 heteroatoms. The minimum atomic E-state index is -0.463. The van der Waals surface area contributed by atoms with Crippen LogP contribution in [0.5, 0.6) is 5.75 Å². The minimum Gasteiger partial charge on any atom is -0.489 e. The van der Waals surface area contributed by atoms with E-state index in [1.165, 1.54) is 12.1 Å². The predicted octanol–water partition coefficient (Wildman–Crippen LogP) is 1.43. The van der Waals surface area contributed by atoms with Gasteiger partial charge in [0.2, 0.25) is 0 Å². The first-order valence-corrected chi connectivity index (χ1v) is 7.48.